The van der Waals surface area contributed by atoms with Gasteiger partial charge in [-0.05, 0) is 41.0 Å². The standard InChI is InChI=1S/C21H25N/c1-3-8-15(2)14-21-18-11-6-4-9-16(18)13-20(22-21)17-10-5-7-12-19(17)21/h4-7,10-13,15,20,22H,3,8-9,14H2,1-2H3/t15?,20-,21+/m1/s1. The van der Waals surface area contributed by atoms with Crippen molar-refractivity contribution < 1.29 is 0 Å². The van der Waals surface area contributed by atoms with Crippen LogP contribution in [-0.4, -0.2) is 0 Å². The lowest BCUT2D eigenvalue weighted by atomic mass is 9.72. The maximum absolute atomic E-state index is 3.98. The van der Waals surface area contributed by atoms with Crippen molar-refractivity contribution in [1.29, 1.82) is 0 Å². The van der Waals surface area contributed by atoms with E-state index in [-0.39, 0.29) is 5.54 Å². The lowest BCUT2D eigenvalue weighted by Crippen LogP contribution is -2.44. The van der Waals surface area contributed by atoms with Crippen molar-refractivity contribution in [2.24, 2.45) is 5.92 Å². The fourth-order valence-corrected chi connectivity index (χ4v) is 4.68. The summed E-state index contributed by atoms with van der Waals surface area (Å²) in [5, 5.41) is 3.98. The van der Waals surface area contributed by atoms with Gasteiger partial charge < -0.3 is 0 Å². The first kappa shape index (κ1) is 14.0. The molecule has 1 aromatic rings. The van der Waals surface area contributed by atoms with Crippen molar-refractivity contribution in [2.45, 2.75) is 51.1 Å². The Hall–Kier alpha value is -1.60. The Morgan fingerprint density at radius 3 is 3.05 bits per heavy atom. The molecule has 2 bridgehead atoms. The zero-order chi connectivity index (χ0) is 15.2. The molecule has 0 amide bonds. The summed E-state index contributed by atoms with van der Waals surface area (Å²) in [4.78, 5) is 0. The van der Waals surface area contributed by atoms with E-state index >= 15 is 0 Å². The molecule has 1 aromatic carbocycles. The first-order chi connectivity index (χ1) is 10.7. The molecule has 2 aliphatic heterocycles. The summed E-state index contributed by atoms with van der Waals surface area (Å²) in [5.41, 5.74) is 6.07. The van der Waals surface area contributed by atoms with Crippen LogP contribution in [0.25, 0.3) is 0 Å². The van der Waals surface area contributed by atoms with Gasteiger partial charge >= 0.3 is 0 Å². The zero-order valence-corrected chi connectivity index (χ0v) is 13.6. The maximum atomic E-state index is 3.98. The molecule has 22 heavy (non-hydrogen) atoms. The monoisotopic (exact) mass is 291 g/mol. The summed E-state index contributed by atoms with van der Waals surface area (Å²) in [6.07, 6.45) is 14.2. The Morgan fingerprint density at radius 2 is 2.18 bits per heavy atom. The summed E-state index contributed by atoms with van der Waals surface area (Å²) in [7, 11) is 0. The molecule has 1 heteroatoms. The normalized spacial score (nSPS) is 29.5. The van der Waals surface area contributed by atoms with Crippen LogP contribution in [0.2, 0.25) is 0 Å². The van der Waals surface area contributed by atoms with Crippen molar-refractivity contribution in [3.63, 3.8) is 0 Å². The average Bonchev–Trinajstić information content (AvgIpc) is 2.78. The Labute approximate surface area is 133 Å². The number of rotatable bonds is 4. The fourth-order valence-electron chi connectivity index (χ4n) is 4.68. The molecule has 1 unspecified atom stereocenters. The average molecular weight is 291 g/mol. The Morgan fingerprint density at radius 1 is 1.32 bits per heavy atom. The number of allylic oxidation sites excluding steroid dienone is 3. The Kier molecular flexibility index (Phi) is 3.34. The molecule has 2 heterocycles. The minimum Gasteiger partial charge on any atom is -0.293 e. The number of fused-ring (bicyclic) bond motifs is 7. The molecule has 4 rings (SSSR count). The quantitative estimate of drug-likeness (QED) is 0.806. The molecule has 3 atom stereocenters. The maximum Gasteiger partial charge on any atom is 0.0706 e. The second kappa shape index (κ2) is 5.24. The van der Waals surface area contributed by atoms with Gasteiger partial charge in [-0.2, -0.15) is 0 Å². The number of benzene rings is 1. The van der Waals surface area contributed by atoms with Crippen molar-refractivity contribution >= 4 is 0 Å². The molecule has 0 spiro atoms. The topological polar surface area (TPSA) is 12.0 Å². The minimum absolute atomic E-state index is 0.0324. The number of hydrogen-bond donors (Lipinski definition) is 1. The van der Waals surface area contributed by atoms with Crippen LogP contribution in [0.1, 0.15) is 56.7 Å². The van der Waals surface area contributed by atoms with E-state index in [1.165, 1.54) is 41.5 Å². The molecule has 3 aliphatic rings. The third kappa shape index (κ3) is 1.95. The summed E-state index contributed by atoms with van der Waals surface area (Å²) >= 11 is 0. The fraction of sp³-hybridized carbons (Fsp3) is 0.429. The molecular weight excluding hydrogens is 266 g/mol. The first-order valence-corrected chi connectivity index (χ1v) is 8.70. The number of nitrogens with one attached hydrogen (secondary N) is 1. The van der Waals surface area contributed by atoms with Gasteiger partial charge in [0.1, 0.15) is 0 Å². The molecule has 0 radical (unpaired) electrons. The smallest absolute Gasteiger partial charge is 0.0706 e. The van der Waals surface area contributed by atoms with Crippen LogP contribution >= 0.6 is 0 Å². The van der Waals surface area contributed by atoms with Gasteiger partial charge in [0, 0.05) is 0 Å². The Balaban J connectivity index is 1.85. The highest BCUT2D eigenvalue weighted by Crippen LogP contribution is 2.53. The SMILES string of the molecule is CCCC(C)C[C@]12N[C@H](C=C3CC=CC=C31)c1ccccc12. The van der Waals surface area contributed by atoms with Gasteiger partial charge in [-0.15, -0.1) is 0 Å². The largest absolute Gasteiger partial charge is 0.293 e. The van der Waals surface area contributed by atoms with Gasteiger partial charge in [0.05, 0.1) is 11.6 Å². The van der Waals surface area contributed by atoms with Crippen LogP contribution in [0.5, 0.6) is 0 Å². The van der Waals surface area contributed by atoms with Gasteiger partial charge in [0.2, 0.25) is 0 Å². The van der Waals surface area contributed by atoms with Gasteiger partial charge in [-0.1, -0.05) is 75.3 Å². The highest BCUT2D eigenvalue weighted by atomic mass is 15.1. The van der Waals surface area contributed by atoms with Crippen molar-refractivity contribution in [3.05, 3.63) is 70.8 Å². The van der Waals surface area contributed by atoms with Crippen LogP contribution in [0.4, 0.5) is 0 Å². The molecule has 114 valence electrons. The summed E-state index contributed by atoms with van der Waals surface area (Å²) in [6, 6.07) is 9.42. The van der Waals surface area contributed by atoms with E-state index in [0.717, 1.165) is 12.3 Å². The van der Waals surface area contributed by atoms with E-state index in [1.54, 1.807) is 0 Å². The summed E-state index contributed by atoms with van der Waals surface area (Å²) < 4.78 is 0. The molecule has 1 aliphatic carbocycles. The summed E-state index contributed by atoms with van der Waals surface area (Å²) in [5.74, 6) is 0.732. The third-order valence-electron chi connectivity index (χ3n) is 5.50. The van der Waals surface area contributed by atoms with E-state index in [1.807, 2.05) is 0 Å². The minimum atomic E-state index is 0.0324. The summed E-state index contributed by atoms with van der Waals surface area (Å²) in [6.45, 7) is 4.70. The van der Waals surface area contributed by atoms with Crippen molar-refractivity contribution in [3.8, 4) is 0 Å². The molecule has 1 nitrogen and oxygen atoms in total. The van der Waals surface area contributed by atoms with Gasteiger partial charge in [0.15, 0.2) is 0 Å². The molecular formula is C21H25N. The van der Waals surface area contributed by atoms with Crippen molar-refractivity contribution in [1.82, 2.24) is 5.32 Å². The Bertz CT molecular complexity index is 679. The molecule has 0 fully saturated rings. The van der Waals surface area contributed by atoms with Gasteiger partial charge in [-0.25, -0.2) is 0 Å². The van der Waals surface area contributed by atoms with Crippen molar-refractivity contribution in [2.75, 3.05) is 0 Å². The lowest BCUT2D eigenvalue weighted by molar-refractivity contribution is 0.302. The molecule has 0 saturated heterocycles. The first-order valence-electron chi connectivity index (χ1n) is 8.70. The van der Waals surface area contributed by atoms with Crippen LogP contribution < -0.4 is 5.32 Å². The van der Waals surface area contributed by atoms with Crippen LogP contribution in [0, 0.1) is 5.92 Å². The van der Waals surface area contributed by atoms with E-state index in [2.05, 4.69) is 67.7 Å². The molecule has 0 saturated carbocycles. The van der Waals surface area contributed by atoms with Gasteiger partial charge in [-0.3, -0.25) is 5.32 Å². The lowest BCUT2D eigenvalue weighted by Gasteiger charge is -2.41. The second-order valence-corrected chi connectivity index (χ2v) is 7.12. The second-order valence-electron chi connectivity index (χ2n) is 7.12. The predicted molar refractivity (Wildman–Crippen MR) is 92.6 cm³/mol. The highest BCUT2D eigenvalue weighted by molar-refractivity contribution is 5.60. The molecule has 0 aromatic heterocycles. The van der Waals surface area contributed by atoms with Crippen LogP contribution in [0.15, 0.2) is 59.7 Å². The van der Waals surface area contributed by atoms with Gasteiger partial charge in [0.25, 0.3) is 0 Å². The third-order valence-corrected chi connectivity index (χ3v) is 5.50. The zero-order valence-electron chi connectivity index (χ0n) is 13.6. The van der Waals surface area contributed by atoms with E-state index < -0.39 is 0 Å². The van der Waals surface area contributed by atoms with Crippen LogP contribution in [-0.2, 0) is 5.54 Å². The van der Waals surface area contributed by atoms with Crippen LogP contribution in [0.3, 0.4) is 0 Å². The number of hydrogen-bond acceptors (Lipinski definition) is 1. The van der Waals surface area contributed by atoms with E-state index in [9.17, 15) is 0 Å². The highest BCUT2D eigenvalue weighted by Gasteiger charge is 2.49. The van der Waals surface area contributed by atoms with E-state index in [0.29, 0.717) is 6.04 Å². The van der Waals surface area contributed by atoms with E-state index in [4.69, 9.17) is 0 Å². The predicted octanol–water partition coefficient (Wildman–Crippen LogP) is 5.18. The molecule has 1 N–H and O–H groups in total.